The zero-order valence-corrected chi connectivity index (χ0v) is 15.2. The van der Waals surface area contributed by atoms with E-state index in [0.717, 1.165) is 42.4 Å². The largest absolute Gasteiger partial charge is 0.355 e. The summed E-state index contributed by atoms with van der Waals surface area (Å²) < 4.78 is 3.72. The van der Waals surface area contributed by atoms with Gasteiger partial charge in [0.1, 0.15) is 5.82 Å². The lowest BCUT2D eigenvalue weighted by Gasteiger charge is -2.17. The predicted octanol–water partition coefficient (Wildman–Crippen LogP) is 2.59. The maximum absolute atomic E-state index is 4.84. The van der Waals surface area contributed by atoms with Crippen molar-refractivity contribution in [1.29, 1.82) is 0 Å². The van der Waals surface area contributed by atoms with E-state index in [2.05, 4.69) is 26.4 Å². The number of aryl methyl sites for hydroxylation is 1. The Kier molecular flexibility index (Phi) is 3.85. The lowest BCUT2D eigenvalue weighted by molar-refractivity contribution is 0.585. The molecule has 0 spiro atoms. The molecule has 1 aliphatic heterocycles. The normalized spacial score (nSPS) is 17.1. The van der Waals surface area contributed by atoms with Gasteiger partial charge in [-0.25, -0.2) is 0 Å². The van der Waals surface area contributed by atoms with Crippen LogP contribution in [-0.2, 0) is 13.5 Å². The van der Waals surface area contributed by atoms with Crippen molar-refractivity contribution in [3.05, 3.63) is 60.4 Å². The van der Waals surface area contributed by atoms with Crippen molar-refractivity contribution >= 4 is 11.5 Å². The van der Waals surface area contributed by atoms with Gasteiger partial charge in [0.05, 0.1) is 6.20 Å². The van der Waals surface area contributed by atoms with Crippen LogP contribution in [0.15, 0.2) is 54.9 Å². The predicted molar refractivity (Wildman–Crippen MR) is 103 cm³/mol. The summed E-state index contributed by atoms with van der Waals surface area (Å²) >= 11 is 0. The molecular formula is C20H21N7. The van der Waals surface area contributed by atoms with Crippen LogP contribution in [0.1, 0.15) is 12.0 Å². The van der Waals surface area contributed by atoms with Crippen LogP contribution in [0.25, 0.3) is 17.0 Å². The van der Waals surface area contributed by atoms with Crippen LogP contribution in [-0.4, -0.2) is 42.7 Å². The minimum Gasteiger partial charge on any atom is -0.355 e. The molecule has 4 aromatic rings. The zero-order chi connectivity index (χ0) is 18.2. The van der Waals surface area contributed by atoms with Crippen LogP contribution in [0.3, 0.4) is 0 Å². The Morgan fingerprint density at radius 2 is 1.96 bits per heavy atom. The second kappa shape index (κ2) is 6.50. The number of nitrogens with zero attached hydrogens (tertiary/aromatic N) is 7. The quantitative estimate of drug-likeness (QED) is 0.560. The van der Waals surface area contributed by atoms with Gasteiger partial charge in [0.2, 0.25) is 0 Å². The SMILES string of the molecule is Cn1cc(CC2CCN(c3ccc4nnc(-c5ccccc5)n4n3)C2)cn1. The van der Waals surface area contributed by atoms with E-state index in [1.807, 2.05) is 64.9 Å². The maximum atomic E-state index is 4.84. The highest BCUT2D eigenvalue weighted by atomic mass is 15.4. The van der Waals surface area contributed by atoms with E-state index >= 15 is 0 Å². The van der Waals surface area contributed by atoms with Gasteiger partial charge in [-0.2, -0.15) is 9.61 Å². The molecule has 1 aliphatic rings. The molecule has 136 valence electrons. The van der Waals surface area contributed by atoms with Gasteiger partial charge in [-0.05, 0) is 36.5 Å². The molecule has 1 unspecified atom stereocenters. The van der Waals surface area contributed by atoms with E-state index in [1.54, 1.807) is 0 Å². The first-order valence-corrected chi connectivity index (χ1v) is 9.26. The molecule has 0 aliphatic carbocycles. The topological polar surface area (TPSA) is 64.1 Å². The highest BCUT2D eigenvalue weighted by molar-refractivity contribution is 5.59. The van der Waals surface area contributed by atoms with Gasteiger partial charge in [-0.1, -0.05) is 30.3 Å². The van der Waals surface area contributed by atoms with Gasteiger partial charge in [-0.3, -0.25) is 4.68 Å². The second-order valence-corrected chi connectivity index (χ2v) is 7.18. The number of hydrogen-bond donors (Lipinski definition) is 0. The van der Waals surface area contributed by atoms with Crippen LogP contribution >= 0.6 is 0 Å². The van der Waals surface area contributed by atoms with Crippen molar-refractivity contribution in [3.63, 3.8) is 0 Å². The van der Waals surface area contributed by atoms with Gasteiger partial charge in [0, 0.05) is 31.9 Å². The molecule has 1 fully saturated rings. The van der Waals surface area contributed by atoms with E-state index in [-0.39, 0.29) is 0 Å². The second-order valence-electron chi connectivity index (χ2n) is 7.18. The highest BCUT2D eigenvalue weighted by Crippen LogP contribution is 2.26. The summed E-state index contributed by atoms with van der Waals surface area (Å²) in [7, 11) is 1.97. The number of aromatic nitrogens is 6. The fourth-order valence-corrected chi connectivity index (χ4v) is 3.83. The molecule has 7 nitrogen and oxygen atoms in total. The molecule has 7 heteroatoms. The molecule has 1 saturated heterocycles. The summed E-state index contributed by atoms with van der Waals surface area (Å²) in [6.45, 7) is 2.03. The van der Waals surface area contributed by atoms with Crippen LogP contribution in [0.2, 0.25) is 0 Å². The molecule has 0 bridgehead atoms. The molecule has 0 saturated carbocycles. The van der Waals surface area contributed by atoms with Gasteiger partial charge in [0.15, 0.2) is 11.5 Å². The molecule has 1 atom stereocenters. The molecule has 1 aromatic carbocycles. The first-order valence-electron chi connectivity index (χ1n) is 9.26. The molecule has 4 heterocycles. The van der Waals surface area contributed by atoms with Crippen LogP contribution in [0, 0.1) is 5.92 Å². The molecule has 5 rings (SSSR count). The molecule has 0 amide bonds. The number of anilines is 1. The van der Waals surface area contributed by atoms with Gasteiger partial charge in [-0.15, -0.1) is 15.3 Å². The summed E-state index contributed by atoms with van der Waals surface area (Å²) in [5, 5.41) is 17.7. The van der Waals surface area contributed by atoms with Gasteiger partial charge in [0.25, 0.3) is 0 Å². The lowest BCUT2D eigenvalue weighted by atomic mass is 10.0. The highest BCUT2D eigenvalue weighted by Gasteiger charge is 2.24. The lowest BCUT2D eigenvalue weighted by Crippen LogP contribution is -2.22. The van der Waals surface area contributed by atoms with E-state index in [1.165, 1.54) is 12.0 Å². The Morgan fingerprint density at radius 1 is 1.07 bits per heavy atom. The minimum atomic E-state index is 0.626. The first kappa shape index (κ1) is 16.0. The van der Waals surface area contributed by atoms with Crippen LogP contribution in [0.4, 0.5) is 5.82 Å². The van der Waals surface area contributed by atoms with E-state index in [4.69, 9.17) is 5.10 Å². The number of benzene rings is 1. The summed E-state index contributed by atoms with van der Waals surface area (Å²) in [6, 6.07) is 14.1. The first-order chi connectivity index (χ1) is 13.3. The molecular weight excluding hydrogens is 338 g/mol. The van der Waals surface area contributed by atoms with Crippen molar-refractivity contribution in [3.8, 4) is 11.4 Å². The minimum absolute atomic E-state index is 0.626. The molecule has 3 aromatic heterocycles. The average molecular weight is 359 g/mol. The third kappa shape index (κ3) is 3.05. The smallest absolute Gasteiger partial charge is 0.185 e. The average Bonchev–Trinajstić information content (AvgIpc) is 3.42. The van der Waals surface area contributed by atoms with Crippen molar-refractivity contribution in [1.82, 2.24) is 29.6 Å². The van der Waals surface area contributed by atoms with E-state index in [9.17, 15) is 0 Å². The summed E-state index contributed by atoms with van der Waals surface area (Å²) in [6.07, 6.45) is 6.31. The Balaban J connectivity index is 1.39. The van der Waals surface area contributed by atoms with Crippen molar-refractivity contribution in [2.75, 3.05) is 18.0 Å². The standard InChI is InChI=1S/C20H21N7/c1-25-13-16(12-21-25)11-15-9-10-26(14-15)19-8-7-18-22-23-20(27(18)24-19)17-5-3-2-4-6-17/h2-8,12-13,15H,9-11,14H2,1H3. The van der Waals surface area contributed by atoms with Crippen LogP contribution < -0.4 is 4.90 Å². The third-order valence-electron chi connectivity index (χ3n) is 5.17. The Bertz CT molecular complexity index is 1070. The van der Waals surface area contributed by atoms with Crippen molar-refractivity contribution in [2.24, 2.45) is 13.0 Å². The summed E-state index contributed by atoms with van der Waals surface area (Å²) in [4.78, 5) is 2.36. The molecule has 0 N–H and O–H groups in total. The molecule has 27 heavy (non-hydrogen) atoms. The summed E-state index contributed by atoms with van der Waals surface area (Å²) in [5.41, 5.74) is 3.09. The van der Waals surface area contributed by atoms with Crippen LogP contribution in [0.5, 0.6) is 0 Å². The van der Waals surface area contributed by atoms with Gasteiger partial charge >= 0.3 is 0 Å². The van der Waals surface area contributed by atoms with E-state index < -0.39 is 0 Å². The Labute approximate surface area is 157 Å². The molecule has 0 radical (unpaired) electrons. The van der Waals surface area contributed by atoms with Crippen molar-refractivity contribution < 1.29 is 0 Å². The fourth-order valence-electron chi connectivity index (χ4n) is 3.83. The number of hydrogen-bond acceptors (Lipinski definition) is 5. The Morgan fingerprint density at radius 3 is 2.78 bits per heavy atom. The third-order valence-corrected chi connectivity index (χ3v) is 5.17. The Hall–Kier alpha value is -3.22. The zero-order valence-electron chi connectivity index (χ0n) is 15.2. The number of rotatable bonds is 4. The maximum Gasteiger partial charge on any atom is 0.185 e. The van der Waals surface area contributed by atoms with Crippen molar-refractivity contribution in [2.45, 2.75) is 12.8 Å². The van der Waals surface area contributed by atoms with Gasteiger partial charge < -0.3 is 4.90 Å². The number of fused-ring (bicyclic) bond motifs is 1. The summed E-state index contributed by atoms with van der Waals surface area (Å²) in [5.74, 6) is 2.38. The van der Waals surface area contributed by atoms with E-state index in [0.29, 0.717) is 5.92 Å². The monoisotopic (exact) mass is 359 g/mol. The fraction of sp³-hybridized carbons (Fsp3) is 0.300.